The lowest BCUT2D eigenvalue weighted by Crippen LogP contribution is -2.48. The van der Waals surface area contributed by atoms with Gasteiger partial charge in [-0.1, -0.05) is 12.2 Å². The van der Waals surface area contributed by atoms with Gasteiger partial charge < -0.3 is 4.74 Å². The first-order chi connectivity index (χ1) is 6.18. The van der Waals surface area contributed by atoms with Gasteiger partial charge in [-0.15, -0.1) is 0 Å². The molecule has 0 aliphatic heterocycles. The molecule has 0 aromatic heterocycles. The van der Waals surface area contributed by atoms with Gasteiger partial charge in [-0.05, 0) is 32.1 Å². The zero-order valence-electron chi connectivity index (χ0n) is 8.25. The number of Topliss-reactive ketones (excluding diaryl/α,β-unsaturated/α-hetero) is 1. The predicted molar refractivity (Wildman–Crippen MR) is 50.4 cm³/mol. The molecule has 3 atom stereocenters. The Hall–Kier alpha value is -0.630. The Morgan fingerprint density at radius 1 is 1.62 bits per heavy atom. The minimum absolute atomic E-state index is 0.0984. The fourth-order valence-electron chi connectivity index (χ4n) is 2.70. The quantitative estimate of drug-likeness (QED) is 0.607. The Balaban J connectivity index is 2.32. The van der Waals surface area contributed by atoms with Crippen LogP contribution in [0.25, 0.3) is 0 Å². The number of fused-ring (bicyclic) bond motifs is 2. The zero-order valence-corrected chi connectivity index (χ0v) is 8.25. The number of ketones is 1. The third-order valence-corrected chi connectivity index (χ3v) is 3.56. The molecule has 0 N–H and O–H groups in total. The number of carbonyl (C=O) groups excluding carboxylic acids is 1. The van der Waals surface area contributed by atoms with Gasteiger partial charge >= 0.3 is 0 Å². The van der Waals surface area contributed by atoms with Crippen LogP contribution in [0.1, 0.15) is 26.2 Å². The van der Waals surface area contributed by atoms with Gasteiger partial charge in [0.25, 0.3) is 0 Å². The van der Waals surface area contributed by atoms with E-state index in [0.29, 0.717) is 5.92 Å². The maximum atomic E-state index is 11.4. The molecule has 72 valence electrons. The van der Waals surface area contributed by atoms with E-state index in [-0.39, 0.29) is 17.3 Å². The van der Waals surface area contributed by atoms with Crippen molar-refractivity contribution in [1.82, 2.24) is 0 Å². The van der Waals surface area contributed by atoms with Gasteiger partial charge in [-0.25, -0.2) is 0 Å². The normalized spacial score (nSPS) is 42.3. The molecule has 1 fully saturated rings. The standard InChI is InChI=1S/C11H16O2/c1-8(12)10-7-9-3-5-11(10,13-2)6-4-9/h3,5,9-10H,4,6-7H2,1-2H3/t9-,10?,11-/m1/s1. The molecule has 13 heavy (non-hydrogen) atoms. The molecular formula is C11H16O2. The fourth-order valence-corrected chi connectivity index (χ4v) is 2.70. The second-order valence-corrected chi connectivity index (χ2v) is 4.22. The van der Waals surface area contributed by atoms with Crippen LogP contribution in [0.15, 0.2) is 12.2 Å². The molecule has 3 rings (SSSR count). The van der Waals surface area contributed by atoms with Crippen LogP contribution in [-0.2, 0) is 9.53 Å². The van der Waals surface area contributed by atoms with E-state index in [1.807, 2.05) is 0 Å². The van der Waals surface area contributed by atoms with Crippen molar-refractivity contribution >= 4 is 5.78 Å². The Kier molecular flexibility index (Phi) is 2.03. The molecule has 0 saturated heterocycles. The van der Waals surface area contributed by atoms with Crippen molar-refractivity contribution in [3.8, 4) is 0 Å². The highest BCUT2D eigenvalue weighted by Crippen LogP contribution is 2.45. The lowest BCUT2D eigenvalue weighted by Gasteiger charge is -2.46. The maximum absolute atomic E-state index is 11.4. The van der Waals surface area contributed by atoms with Crippen LogP contribution in [0.4, 0.5) is 0 Å². The van der Waals surface area contributed by atoms with Crippen LogP contribution in [0.3, 0.4) is 0 Å². The SMILES string of the molecule is CO[C@]12C=C[C@H](CC1)CC2C(C)=O. The fraction of sp³-hybridized carbons (Fsp3) is 0.727. The summed E-state index contributed by atoms with van der Waals surface area (Å²) in [5.41, 5.74) is -0.263. The van der Waals surface area contributed by atoms with Gasteiger partial charge in [0.05, 0.1) is 11.5 Å². The van der Waals surface area contributed by atoms with Crippen molar-refractivity contribution in [1.29, 1.82) is 0 Å². The highest BCUT2D eigenvalue weighted by molar-refractivity contribution is 5.80. The molecule has 0 spiro atoms. The molecule has 0 aromatic carbocycles. The van der Waals surface area contributed by atoms with Crippen LogP contribution >= 0.6 is 0 Å². The van der Waals surface area contributed by atoms with Gasteiger partial charge in [0.1, 0.15) is 5.78 Å². The average molecular weight is 180 g/mol. The first-order valence-electron chi connectivity index (χ1n) is 4.93. The number of hydrogen-bond donors (Lipinski definition) is 0. The lowest BCUT2D eigenvalue weighted by molar-refractivity contribution is -0.135. The van der Waals surface area contributed by atoms with E-state index in [1.54, 1.807) is 14.0 Å². The minimum Gasteiger partial charge on any atom is -0.373 e. The summed E-state index contributed by atoms with van der Waals surface area (Å²) in [5.74, 6) is 0.989. The number of hydrogen-bond acceptors (Lipinski definition) is 2. The number of rotatable bonds is 2. The molecule has 3 aliphatic carbocycles. The molecular weight excluding hydrogens is 164 g/mol. The van der Waals surface area contributed by atoms with Crippen molar-refractivity contribution in [3.63, 3.8) is 0 Å². The average Bonchev–Trinajstić information content (AvgIpc) is 2.19. The number of carbonyl (C=O) groups is 1. The van der Waals surface area contributed by atoms with Crippen molar-refractivity contribution in [2.24, 2.45) is 11.8 Å². The first kappa shape index (κ1) is 8.95. The van der Waals surface area contributed by atoms with Gasteiger partial charge in [0.15, 0.2) is 0 Å². The summed E-state index contributed by atoms with van der Waals surface area (Å²) < 4.78 is 5.53. The largest absolute Gasteiger partial charge is 0.373 e. The second-order valence-electron chi connectivity index (χ2n) is 4.22. The maximum Gasteiger partial charge on any atom is 0.136 e. The monoisotopic (exact) mass is 180 g/mol. The van der Waals surface area contributed by atoms with Crippen molar-refractivity contribution in [2.75, 3.05) is 7.11 Å². The Labute approximate surface area is 79.0 Å². The van der Waals surface area contributed by atoms with Crippen LogP contribution in [0.5, 0.6) is 0 Å². The molecule has 2 bridgehead atoms. The first-order valence-corrected chi connectivity index (χ1v) is 4.93. The third kappa shape index (κ3) is 1.24. The Morgan fingerprint density at radius 3 is 2.77 bits per heavy atom. The van der Waals surface area contributed by atoms with Crippen LogP contribution < -0.4 is 0 Å². The Bertz CT molecular complexity index is 257. The summed E-state index contributed by atoms with van der Waals surface area (Å²) in [6.45, 7) is 1.68. The van der Waals surface area contributed by atoms with E-state index in [2.05, 4.69) is 12.2 Å². The summed E-state index contributed by atoms with van der Waals surface area (Å²) in [5, 5.41) is 0. The van der Waals surface area contributed by atoms with Crippen molar-refractivity contribution in [2.45, 2.75) is 31.8 Å². The number of allylic oxidation sites excluding steroid dienone is 1. The van der Waals surface area contributed by atoms with Gasteiger partial charge in [-0.2, -0.15) is 0 Å². The summed E-state index contributed by atoms with van der Waals surface area (Å²) in [6, 6.07) is 0. The van der Waals surface area contributed by atoms with Crippen molar-refractivity contribution in [3.05, 3.63) is 12.2 Å². The molecule has 0 heterocycles. The van der Waals surface area contributed by atoms with Gasteiger partial charge in [-0.3, -0.25) is 4.79 Å². The topological polar surface area (TPSA) is 26.3 Å². The van der Waals surface area contributed by atoms with Crippen LogP contribution in [-0.4, -0.2) is 18.5 Å². The molecule has 0 radical (unpaired) electrons. The summed E-state index contributed by atoms with van der Waals surface area (Å²) in [4.78, 5) is 11.4. The molecule has 1 saturated carbocycles. The predicted octanol–water partition coefficient (Wildman–Crippen LogP) is 1.95. The molecule has 3 aliphatic rings. The molecule has 0 aromatic rings. The summed E-state index contributed by atoms with van der Waals surface area (Å²) in [7, 11) is 1.71. The van der Waals surface area contributed by atoms with Crippen LogP contribution in [0, 0.1) is 11.8 Å². The van der Waals surface area contributed by atoms with E-state index in [9.17, 15) is 4.79 Å². The molecule has 2 nitrogen and oxygen atoms in total. The summed E-state index contributed by atoms with van der Waals surface area (Å²) >= 11 is 0. The third-order valence-electron chi connectivity index (χ3n) is 3.56. The smallest absolute Gasteiger partial charge is 0.136 e. The lowest BCUT2D eigenvalue weighted by atomic mass is 9.65. The minimum atomic E-state index is -0.263. The highest BCUT2D eigenvalue weighted by atomic mass is 16.5. The Morgan fingerprint density at radius 2 is 2.38 bits per heavy atom. The number of methoxy groups -OCH3 is 1. The second kappa shape index (κ2) is 2.95. The molecule has 1 unspecified atom stereocenters. The van der Waals surface area contributed by atoms with Gasteiger partial charge in [0, 0.05) is 7.11 Å². The highest BCUT2D eigenvalue weighted by Gasteiger charge is 2.46. The van der Waals surface area contributed by atoms with Crippen molar-refractivity contribution < 1.29 is 9.53 Å². The van der Waals surface area contributed by atoms with E-state index in [0.717, 1.165) is 12.8 Å². The van der Waals surface area contributed by atoms with E-state index < -0.39 is 0 Å². The van der Waals surface area contributed by atoms with E-state index >= 15 is 0 Å². The zero-order chi connectivity index (χ0) is 9.47. The van der Waals surface area contributed by atoms with E-state index in [4.69, 9.17) is 4.74 Å². The summed E-state index contributed by atoms with van der Waals surface area (Å²) in [6.07, 6.45) is 7.49. The molecule has 2 heteroatoms. The van der Waals surface area contributed by atoms with Gasteiger partial charge in [0.2, 0.25) is 0 Å². The molecule has 0 amide bonds. The van der Waals surface area contributed by atoms with E-state index in [1.165, 1.54) is 6.42 Å². The van der Waals surface area contributed by atoms with Crippen LogP contribution in [0.2, 0.25) is 0 Å². The number of ether oxygens (including phenoxy) is 1.